The number of carbonyl (C=O) groups excluding carboxylic acids is 2. The Bertz CT molecular complexity index is 906. The number of ether oxygens (including phenoxy) is 4. The van der Waals surface area contributed by atoms with E-state index in [1.165, 1.54) is 5.57 Å². The van der Waals surface area contributed by atoms with E-state index in [2.05, 4.69) is 69.9 Å². The fourth-order valence-corrected chi connectivity index (χ4v) is 6.09. The fourth-order valence-electron chi connectivity index (χ4n) is 6.09. The number of carbonyl (C=O) groups is 2. The zero-order chi connectivity index (χ0) is 39.7. The molecule has 0 saturated carbocycles. The molecule has 0 aromatic heterocycles. The Morgan fingerprint density at radius 3 is 1.70 bits per heavy atom. The van der Waals surface area contributed by atoms with Crippen molar-refractivity contribution in [3.8, 4) is 0 Å². The Balaban J connectivity index is 4.04. The van der Waals surface area contributed by atoms with Crippen molar-refractivity contribution < 1.29 is 33.6 Å². The monoisotopic (exact) mass is 764 g/mol. The van der Waals surface area contributed by atoms with Crippen molar-refractivity contribution in [3.63, 3.8) is 0 Å². The molecule has 0 aromatic rings. The Labute approximate surface area is 332 Å². The highest BCUT2D eigenvalue weighted by Gasteiger charge is 2.14. The third kappa shape index (κ3) is 38.3. The van der Waals surface area contributed by atoms with Crippen LogP contribution in [0.3, 0.4) is 0 Å². The van der Waals surface area contributed by atoms with E-state index in [9.17, 15) is 14.7 Å². The predicted molar refractivity (Wildman–Crippen MR) is 226 cm³/mol. The highest BCUT2D eigenvalue weighted by Crippen LogP contribution is 2.14. The van der Waals surface area contributed by atoms with Gasteiger partial charge >= 0.3 is 11.9 Å². The summed E-state index contributed by atoms with van der Waals surface area (Å²) in [4.78, 5) is 26.9. The van der Waals surface area contributed by atoms with Crippen LogP contribution in [0.1, 0.15) is 182 Å². The molecule has 0 aliphatic carbocycles. The zero-order valence-corrected chi connectivity index (χ0v) is 35.8. The highest BCUT2D eigenvalue weighted by molar-refractivity contribution is 5.69. The number of allylic oxidation sites excluding steroid dienone is 6. The van der Waals surface area contributed by atoms with Gasteiger partial charge in [0.05, 0.1) is 26.2 Å². The molecule has 54 heavy (non-hydrogen) atoms. The van der Waals surface area contributed by atoms with Crippen molar-refractivity contribution in [2.75, 3.05) is 52.7 Å². The Morgan fingerprint density at radius 2 is 1.11 bits per heavy atom. The van der Waals surface area contributed by atoms with Gasteiger partial charge < -0.3 is 29.0 Å². The summed E-state index contributed by atoms with van der Waals surface area (Å²) < 4.78 is 23.0. The molecule has 0 radical (unpaired) electrons. The van der Waals surface area contributed by atoms with Crippen molar-refractivity contribution in [3.05, 3.63) is 36.0 Å². The molecule has 0 saturated heterocycles. The largest absolute Gasteiger partial charge is 0.466 e. The van der Waals surface area contributed by atoms with Gasteiger partial charge in [-0.25, -0.2) is 0 Å². The Kier molecular flexibility index (Phi) is 39.2. The second-order valence-corrected chi connectivity index (χ2v) is 15.2. The SMILES string of the molecule is CC/C=C\CCCCOC(CCC(=O)OCCCCCCN(CCO)CCCCCCCC(=O)OCCC(C)CCC=C(C)C)OCCCC/C=C\CC. The van der Waals surface area contributed by atoms with Crippen molar-refractivity contribution in [2.24, 2.45) is 5.92 Å². The number of rotatable bonds is 40. The summed E-state index contributed by atoms with van der Waals surface area (Å²) in [7, 11) is 0. The molecule has 0 rings (SSSR count). The van der Waals surface area contributed by atoms with E-state index < -0.39 is 0 Å². The molecule has 0 aliphatic rings. The van der Waals surface area contributed by atoms with Gasteiger partial charge in [-0.1, -0.05) is 88.8 Å². The average molecular weight is 764 g/mol. The zero-order valence-electron chi connectivity index (χ0n) is 35.8. The van der Waals surface area contributed by atoms with E-state index in [0.717, 1.165) is 142 Å². The molecule has 316 valence electrons. The first kappa shape index (κ1) is 52.0. The van der Waals surface area contributed by atoms with E-state index in [-0.39, 0.29) is 24.8 Å². The van der Waals surface area contributed by atoms with Crippen LogP contribution in [0.15, 0.2) is 36.0 Å². The average Bonchev–Trinajstić information content (AvgIpc) is 3.14. The lowest BCUT2D eigenvalue weighted by atomic mass is 10.0. The van der Waals surface area contributed by atoms with Crippen molar-refractivity contribution in [1.29, 1.82) is 0 Å². The van der Waals surface area contributed by atoms with E-state index in [1.807, 2.05) is 0 Å². The maximum atomic E-state index is 12.5. The van der Waals surface area contributed by atoms with Crippen LogP contribution in [0.5, 0.6) is 0 Å². The maximum absolute atomic E-state index is 12.5. The van der Waals surface area contributed by atoms with Crippen LogP contribution in [0.4, 0.5) is 0 Å². The van der Waals surface area contributed by atoms with Gasteiger partial charge in [-0.2, -0.15) is 0 Å². The molecule has 8 nitrogen and oxygen atoms in total. The van der Waals surface area contributed by atoms with Crippen LogP contribution in [0.2, 0.25) is 0 Å². The van der Waals surface area contributed by atoms with E-state index >= 15 is 0 Å². The van der Waals surface area contributed by atoms with Crippen LogP contribution in [0, 0.1) is 5.92 Å². The normalized spacial score (nSPS) is 12.4. The molecule has 0 aromatic carbocycles. The number of aliphatic hydroxyl groups excluding tert-OH is 1. The summed E-state index contributed by atoms with van der Waals surface area (Å²) in [6.45, 7) is 15.9. The summed E-state index contributed by atoms with van der Waals surface area (Å²) in [6, 6.07) is 0. The third-order valence-corrected chi connectivity index (χ3v) is 9.52. The Morgan fingerprint density at radius 1 is 0.574 bits per heavy atom. The van der Waals surface area contributed by atoms with Crippen molar-refractivity contribution in [1.82, 2.24) is 4.90 Å². The lowest BCUT2D eigenvalue weighted by Gasteiger charge is -2.21. The molecule has 0 bridgehead atoms. The van der Waals surface area contributed by atoms with Gasteiger partial charge in [0.2, 0.25) is 0 Å². The number of nitrogens with zero attached hydrogens (tertiary/aromatic N) is 1. The summed E-state index contributed by atoms with van der Waals surface area (Å²) in [5.41, 5.74) is 1.36. The molecule has 0 fully saturated rings. The minimum absolute atomic E-state index is 0.0623. The molecule has 0 amide bonds. The summed E-state index contributed by atoms with van der Waals surface area (Å²) in [5.74, 6) is 0.331. The number of esters is 2. The molecule has 0 aliphatic heterocycles. The van der Waals surface area contributed by atoms with Gasteiger partial charge in [0, 0.05) is 32.6 Å². The first-order valence-electron chi connectivity index (χ1n) is 22.1. The number of hydrogen-bond donors (Lipinski definition) is 1. The molecule has 8 heteroatoms. The lowest BCUT2D eigenvalue weighted by molar-refractivity contribution is -0.159. The Hall–Kier alpha value is -2.00. The van der Waals surface area contributed by atoms with Crippen molar-refractivity contribution in [2.45, 2.75) is 189 Å². The van der Waals surface area contributed by atoms with Crippen LogP contribution in [-0.4, -0.2) is 80.9 Å². The number of unbranched alkanes of at least 4 members (excludes halogenated alkanes) is 11. The van der Waals surface area contributed by atoms with Gasteiger partial charge in [0.1, 0.15) is 0 Å². The van der Waals surface area contributed by atoms with Crippen molar-refractivity contribution >= 4 is 11.9 Å². The van der Waals surface area contributed by atoms with Crippen LogP contribution < -0.4 is 0 Å². The van der Waals surface area contributed by atoms with Crippen LogP contribution >= 0.6 is 0 Å². The van der Waals surface area contributed by atoms with Gasteiger partial charge in [-0.05, 0) is 129 Å². The number of hydrogen-bond acceptors (Lipinski definition) is 8. The first-order chi connectivity index (χ1) is 26.3. The summed E-state index contributed by atoms with van der Waals surface area (Å²) in [6.07, 6.45) is 33.1. The van der Waals surface area contributed by atoms with E-state index in [4.69, 9.17) is 18.9 Å². The standard InChI is InChI=1S/C46H85NO7/c1-6-8-10-12-18-25-39-53-46(54-40-26-19-13-11-9-7-2)32-31-45(50)51-38-24-20-17-23-35-47(36-37-48)34-22-16-14-15-21-30-44(49)52-41-33-43(5)29-27-28-42(3)4/h8-11,28,43,46,48H,6-7,12-27,29-41H2,1-5H3/b10-8-,11-9-. The summed E-state index contributed by atoms with van der Waals surface area (Å²) >= 11 is 0. The molecular formula is C46H85NO7. The lowest BCUT2D eigenvalue weighted by Crippen LogP contribution is -2.29. The molecule has 0 spiro atoms. The molecule has 1 atom stereocenters. The molecular weight excluding hydrogens is 679 g/mol. The van der Waals surface area contributed by atoms with Crippen LogP contribution in [0.25, 0.3) is 0 Å². The topological polar surface area (TPSA) is 94.5 Å². The summed E-state index contributed by atoms with van der Waals surface area (Å²) in [5, 5.41) is 9.54. The highest BCUT2D eigenvalue weighted by atomic mass is 16.7. The van der Waals surface area contributed by atoms with Gasteiger partial charge in [-0.3, -0.25) is 9.59 Å². The van der Waals surface area contributed by atoms with E-state index in [1.54, 1.807) is 0 Å². The molecule has 0 heterocycles. The van der Waals surface area contributed by atoms with E-state index in [0.29, 0.717) is 58.2 Å². The van der Waals surface area contributed by atoms with Gasteiger partial charge in [0.15, 0.2) is 6.29 Å². The van der Waals surface area contributed by atoms with Crippen LogP contribution in [-0.2, 0) is 28.5 Å². The quantitative estimate of drug-likeness (QED) is 0.0285. The molecule has 1 unspecified atom stereocenters. The second-order valence-electron chi connectivity index (χ2n) is 15.2. The van der Waals surface area contributed by atoms with Gasteiger partial charge in [0.25, 0.3) is 0 Å². The maximum Gasteiger partial charge on any atom is 0.305 e. The number of aliphatic hydroxyl groups is 1. The fraction of sp³-hybridized carbons (Fsp3) is 0.826. The smallest absolute Gasteiger partial charge is 0.305 e. The molecule has 1 N–H and O–H groups in total. The minimum Gasteiger partial charge on any atom is -0.466 e. The first-order valence-corrected chi connectivity index (χ1v) is 22.1. The third-order valence-electron chi connectivity index (χ3n) is 9.52. The second kappa shape index (κ2) is 40.7. The minimum atomic E-state index is -0.362. The van der Waals surface area contributed by atoms with Gasteiger partial charge in [-0.15, -0.1) is 0 Å². The predicted octanol–water partition coefficient (Wildman–Crippen LogP) is 11.5.